The molecule has 0 radical (unpaired) electrons. The van der Waals surface area contributed by atoms with Crippen molar-refractivity contribution in [3.63, 3.8) is 0 Å². The lowest BCUT2D eigenvalue weighted by Crippen LogP contribution is -2.23. The third kappa shape index (κ3) is 3.89. The number of hydrogen-bond donors (Lipinski definition) is 1. The second-order valence-electron chi connectivity index (χ2n) is 6.33. The molecule has 0 bridgehead atoms. The average molecular weight is 333 g/mol. The predicted octanol–water partition coefficient (Wildman–Crippen LogP) is 2.46. The van der Waals surface area contributed by atoms with Crippen LogP contribution in [-0.4, -0.2) is 22.3 Å². The zero-order valence-electron chi connectivity index (χ0n) is 14.2. The molecule has 0 saturated carbocycles. The number of rotatable bonds is 5. The standard InChI is InChI=1S/C19H19N5O/c1-12(2)13-3-7-17-14(9-13)11-21-19(17)22-18(25)8-6-15-4-5-16(10-20)24-23-15/h3-5,7,9,11-12,14H,6,8H2,1-2H3,(H,22,25). The summed E-state index contributed by atoms with van der Waals surface area (Å²) in [7, 11) is 0. The first-order chi connectivity index (χ1) is 12.1. The number of carbonyl (C=O) groups excluding carboxylic acids is 1. The van der Waals surface area contributed by atoms with Crippen molar-refractivity contribution in [3.05, 3.63) is 58.7 Å². The van der Waals surface area contributed by atoms with E-state index < -0.39 is 0 Å². The van der Waals surface area contributed by atoms with E-state index in [-0.39, 0.29) is 23.9 Å². The van der Waals surface area contributed by atoms with Gasteiger partial charge in [0.15, 0.2) is 5.69 Å². The molecule has 1 N–H and O–H groups in total. The molecule has 2 aliphatic rings. The van der Waals surface area contributed by atoms with Crippen LogP contribution in [0.2, 0.25) is 0 Å². The van der Waals surface area contributed by atoms with Crippen LogP contribution in [0.3, 0.4) is 0 Å². The van der Waals surface area contributed by atoms with Crippen LogP contribution in [0.1, 0.15) is 31.7 Å². The maximum Gasteiger partial charge on any atom is 0.225 e. The number of nitriles is 1. The first-order valence-electron chi connectivity index (χ1n) is 8.27. The first-order valence-corrected chi connectivity index (χ1v) is 8.27. The topological polar surface area (TPSA) is 91.0 Å². The second-order valence-corrected chi connectivity index (χ2v) is 6.33. The molecular weight excluding hydrogens is 314 g/mol. The molecule has 1 aliphatic heterocycles. The number of fused-ring (bicyclic) bond motifs is 1. The number of allylic oxidation sites excluding steroid dienone is 5. The fourth-order valence-electron chi connectivity index (χ4n) is 2.72. The zero-order chi connectivity index (χ0) is 17.8. The summed E-state index contributed by atoms with van der Waals surface area (Å²) in [5.74, 6) is 1.12. The Morgan fingerprint density at radius 3 is 2.84 bits per heavy atom. The van der Waals surface area contributed by atoms with E-state index in [1.165, 1.54) is 5.57 Å². The number of carbonyl (C=O) groups is 1. The van der Waals surface area contributed by atoms with Gasteiger partial charge >= 0.3 is 0 Å². The molecule has 0 aromatic carbocycles. The Bertz CT molecular complexity index is 838. The highest BCUT2D eigenvalue weighted by Crippen LogP contribution is 2.30. The first kappa shape index (κ1) is 16.8. The molecule has 6 heteroatoms. The van der Waals surface area contributed by atoms with Crippen molar-refractivity contribution in [1.29, 1.82) is 5.26 Å². The van der Waals surface area contributed by atoms with E-state index in [0.717, 1.165) is 5.57 Å². The van der Waals surface area contributed by atoms with Crippen molar-refractivity contribution in [2.24, 2.45) is 16.8 Å². The summed E-state index contributed by atoms with van der Waals surface area (Å²) in [4.78, 5) is 16.5. The van der Waals surface area contributed by atoms with Crippen molar-refractivity contribution in [2.75, 3.05) is 0 Å². The summed E-state index contributed by atoms with van der Waals surface area (Å²) in [6.07, 6.45) is 8.93. The Balaban J connectivity index is 1.59. The number of hydrogen-bond acceptors (Lipinski definition) is 5. The van der Waals surface area contributed by atoms with Crippen LogP contribution >= 0.6 is 0 Å². The van der Waals surface area contributed by atoms with Gasteiger partial charge in [-0.05, 0) is 23.6 Å². The van der Waals surface area contributed by atoms with Crippen LogP contribution in [-0.2, 0) is 11.2 Å². The van der Waals surface area contributed by atoms with Gasteiger partial charge < -0.3 is 5.32 Å². The predicted molar refractivity (Wildman–Crippen MR) is 94.3 cm³/mol. The maximum absolute atomic E-state index is 12.2. The molecule has 1 aromatic rings. The van der Waals surface area contributed by atoms with Gasteiger partial charge in [-0.1, -0.05) is 32.1 Å². The molecular formula is C19H19N5O. The second kappa shape index (κ2) is 7.22. The lowest BCUT2D eigenvalue weighted by molar-refractivity contribution is -0.120. The normalized spacial score (nSPS) is 18.2. The fourth-order valence-corrected chi connectivity index (χ4v) is 2.72. The Kier molecular flexibility index (Phi) is 4.85. The molecule has 3 rings (SSSR count). The van der Waals surface area contributed by atoms with Gasteiger partial charge in [0.25, 0.3) is 0 Å². The minimum Gasteiger partial charge on any atom is -0.310 e. The maximum atomic E-state index is 12.2. The molecule has 1 aliphatic carbocycles. The molecule has 1 atom stereocenters. The number of amides is 1. The SMILES string of the molecule is CC(C)C1=CC2C=NC(NC(=O)CCc3ccc(C#N)nn3)=C2C=C1. The van der Waals surface area contributed by atoms with Crippen LogP contribution in [0.15, 0.2) is 52.3 Å². The smallest absolute Gasteiger partial charge is 0.225 e. The fraction of sp³-hybridized carbons (Fsp3) is 0.316. The van der Waals surface area contributed by atoms with E-state index in [9.17, 15) is 4.79 Å². The highest BCUT2D eigenvalue weighted by atomic mass is 16.1. The Hall–Kier alpha value is -3.07. The van der Waals surface area contributed by atoms with Crippen LogP contribution in [0.5, 0.6) is 0 Å². The molecule has 126 valence electrons. The van der Waals surface area contributed by atoms with E-state index in [1.54, 1.807) is 12.1 Å². The Morgan fingerprint density at radius 2 is 2.16 bits per heavy atom. The monoisotopic (exact) mass is 333 g/mol. The van der Waals surface area contributed by atoms with Gasteiger partial charge in [0.05, 0.1) is 5.69 Å². The van der Waals surface area contributed by atoms with Crippen molar-refractivity contribution in [3.8, 4) is 6.07 Å². The molecule has 1 unspecified atom stereocenters. The van der Waals surface area contributed by atoms with E-state index in [0.29, 0.717) is 23.9 Å². The molecule has 1 aromatic heterocycles. The Morgan fingerprint density at radius 1 is 1.32 bits per heavy atom. The summed E-state index contributed by atoms with van der Waals surface area (Å²) >= 11 is 0. The van der Waals surface area contributed by atoms with E-state index in [4.69, 9.17) is 5.26 Å². The number of nitrogens with one attached hydrogen (secondary N) is 1. The summed E-state index contributed by atoms with van der Waals surface area (Å²) < 4.78 is 0. The third-order valence-electron chi connectivity index (χ3n) is 4.19. The lowest BCUT2D eigenvalue weighted by atomic mass is 9.88. The number of aryl methyl sites for hydroxylation is 1. The summed E-state index contributed by atoms with van der Waals surface area (Å²) in [6.45, 7) is 4.32. The summed E-state index contributed by atoms with van der Waals surface area (Å²) in [5.41, 5.74) is 3.26. The van der Waals surface area contributed by atoms with Gasteiger partial charge in [-0.2, -0.15) is 10.4 Å². The summed E-state index contributed by atoms with van der Waals surface area (Å²) in [5, 5.41) is 19.3. The quantitative estimate of drug-likeness (QED) is 0.896. The Labute approximate surface area is 146 Å². The van der Waals surface area contributed by atoms with Gasteiger partial charge in [-0.3, -0.25) is 4.79 Å². The van der Waals surface area contributed by atoms with Crippen molar-refractivity contribution < 1.29 is 4.79 Å². The van der Waals surface area contributed by atoms with Crippen molar-refractivity contribution >= 4 is 12.1 Å². The summed E-state index contributed by atoms with van der Waals surface area (Å²) in [6, 6.07) is 5.23. The molecule has 25 heavy (non-hydrogen) atoms. The van der Waals surface area contributed by atoms with Gasteiger partial charge in [0.1, 0.15) is 11.9 Å². The lowest BCUT2D eigenvalue weighted by Gasteiger charge is -2.16. The number of aromatic nitrogens is 2. The molecule has 0 fully saturated rings. The molecule has 1 amide bonds. The van der Waals surface area contributed by atoms with E-state index in [1.807, 2.05) is 18.4 Å². The molecule has 2 heterocycles. The molecule has 0 spiro atoms. The van der Waals surface area contributed by atoms with Gasteiger partial charge in [0.2, 0.25) is 5.91 Å². The van der Waals surface area contributed by atoms with Gasteiger partial charge in [-0.25, -0.2) is 4.99 Å². The van der Waals surface area contributed by atoms with E-state index >= 15 is 0 Å². The number of nitrogens with zero attached hydrogens (tertiary/aromatic N) is 4. The third-order valence-corrected chi connectivity index (χ3v) is 4.19. The minimum atomic E-state index is -0.113. The zero-order valence-corrected chi connectivity index (χ0v) is 14.2. The minimum absolute atomic E-state index is 0.113. The van der Waals surface area contributed by atoms with Crippen LogP contribution in [0, 0.1) is 23.2 Å². The van der Waals surface area contributed by atoms with Crippen molar-refractivity contribution in [1.82, 2.24) is 15.5 Å². The highest BCUT2D eigenvalue weighted by molar-refractivity contribution is 5.82. The largest absolute Gasteiger partial charge is 0.310 e. The van der Waals surface area contributed by atoms with Crippen LogP contribution < -0.4 is 5.32 Å². The van der Waals surface area contributed by atoms with E-state index in [2.05, 4.69) is 46.5 Å². The van der Waals surface area contributed by atoms with Crippen LogP contribution in [0.4, 0.5) is 0 Å². The van der Waals surface area contributed by atoms with Crippen LogP contribution in [0.25, 0.3) is 0 Å². The van der Waals surface area contributed by atoms with Gasteiger partial charge in [0, 0.05) is 30.5 Å². The highest BCUT2D eigenvalue weighted by Gasteiger charge is 2.23. The number of aliphatic imine (C=N–C) groups is 1. The van der Waals surface area contributed by atoms with Gasteiger partial charge in [-0.15, -0.1) is 5.10 Å². The average Bonchev–Trinajstić information content (AvgIpc) is 3.02. The van der Waals surface area contributed by atoms with Crippen molar-refractivity contribution in [2.45, 2.75) is 26.7 Å². The molecule has 6 nitrogen and oxygen atoms in total. The molecule has 0 saturated heterocycles.